The first-order valence-electron chi connectivity index (χ1n) is 6.72. The Morgan fingerprint density at radius 2 is 1.79 bits per heavy atom. The lowest BCUT2D eigenvalue weighted by Crippen LogP contribution is -2.20. The third kappa shape index (κ3) is 1.82. The number of fused-ring (bicyclic) bond motifs is 3. The molecule has 3 aromatic rings. The summed E-state index contributed by atoms with van der Waals surface area (Å²) in [5.74, 6) is 0. The molecule has 0 saturated carbocycles. The maximum absolute atomic E-state index is 6.04. The van der Waals surface area contributed by atoms with Gasteiger partial charge in [0.2, 0.25) is 0 Å². The Kier molecular flexibility index (Phi) is 3.01. The highest BCUT2D eigenvalue weighted by Gasteiger charge is 2.11. The zero-order chi connectivity index (χ0) is 13.4. The van der Waals surface area contributed by atoms with E-state index in [2.05, 4.69) is 54.0 Å². The van der Waals surface area contributed by atoms with Gasteiger partial charge in [-0.2, -0.15) is 0 Å². The van der Waals surface area contributed by atoms with Gasteiger partial charge < -0.3 is 16.0 Å². The highest BCUT2D eigenvalue weighted by molar-refractivity contribution is 6.08. The quantitative estimate of drug-likeness (QED) is 0.754. The molecule has 0 radical (unpaired) electrons. The fraction of sp³-hybridized carbons (Fsp3) is 0.250. The molecule has 0 spiro atoms. The van der Waals surface area contributed by atoms with Crippen molar-refractivity contribution in [3.05, 3.63) is 48.0 Å². The zero-order valence-electron chi connectivity index (χ0n) is 11.1. The van der Waals surface area contributed by atoms with Crippen molar-refractivity contribution in [3.8, 4) is 0 Å². The monoisotopic (exact) mass is 253 g/mol. The molecule has 98 valence electrons. The average molecular weight is 253 g/mol. The third-order valence-corrected chi connectivity index (χ3v) is 3.79. The van der Waals surface area contributed by atoms with Gasteiger partial charge in [0.1, 0.15) is 0 Å². The first kappa shape index (κ1) is 12.2. The average Bonchev–Trinajstić information content (AvgIpc) is 2.79. The Labute approximate surface area is 112 Å². The topological polar surface area (TPSA) is 57.0 Å². The molecule has 1 aromatic heterocycles. The van der Waals surface area contributed by atoms with Crippen molar-refractivity contribution >= 4 is 21.8 Å². The van der Waals surface area contributed by atoms with Crippen LogP contribution in [-0.2, 0) is 6.54 Å². The Morgan fingerprint density at radius 3 is 2.53 bits per heavy atom. The molecule has 0 bridgehead atoms. The molecular formula is C16H19N3. The first-order chi connectivity index (χ1) is 9.26. The van der Waals surface area contributed by atoms with Crippen LogP contribution in [0.4, 0.5) is 0 Å². The second-order valence-electron chi connectivity index (χ2n) is 4.88. The van der Waals surface area contributed by atoms with Gasteiger partial charge in [0.25, 0.3) is 0 Å². The lowest BCUT2D eigenvalue weighted by Gasteiger charge is -2.09. The standard InChI is InChI=1S/C16H19N3/c1-2-19-15-6-4-3-5-12(15)13-9-11(14(18)10-17)7-8-16(13)19/h3-9,14H,2,10,17-18H2,1H3/t14-/m1/s1. The van der Waals surface area contributed by atoms with E-state index in [1.54, 1.807) is 0 Å². The highest BCUT2D eigenvalue weighted by atomic mass is 15.0. The van der Waals surface area contributed by atoms with Crippen LogP contribution in [0, 0.1) is 0 Å². The molecule has 4 N–H and O–H groups in total. The van der Waals surface area contributed by atoms with Gasteiger partial charge in [-0.05, 0) is 30.7 Å². The van der Waals surface area contributed by atoms with Crippen molar-refractivity contribution in [1.82, 2.24) is 4.57 Å². The van der Waals surface area contributed by atoms with E-state index >= 15 is 0 Å². The molecule has 19 heavy (non-hydrogen) atoms. The Morgan fingerprint density at radius 1 is 1.05 bits per heavy atom. The van der Waals surface area contributed by atoms with Crippen LogP contribution >= 0.6 is 0 Å². The maximum Gasteiger partial charge on any atom is 0.0491 e. The fourth-order valence-electron chi connectivity index (χ4n) is 2.78. The van der Waals surface area contributed by atoms with Gasteiger partial charge in [0.05, 0.1) is 0 Å². The van der Waals surface area contributed by atoms with E-state index in [-0.39, 0.29) is 6.04 Å². The summed E-state index contributed by atoms with van der Waals surface area (Å²) >= 11 is 0. The molecule has 0 amide bonds. The zero-order valence-corrected chi connectivity index (χ0v) is 11.1. The van der Waals surface area contributed by atoms with E-state index in [1.807, 2.05) is 0 Å². The predicted molar refractivity (Wildman–Crippen MR) is 81.1 cm³/mol. The molecule has 3 heteroatoms. The van der Waals surface area contributed by atoms with Gasteiger partial charge in [-0.25, -0.2) is 0 Å². The number of rotatable bonds is 3. The molecule has 0 fully saturated rings. The number of hydrogen-bond donors (Lipinski definition) is 2. The number of para-hydroxylation sites is 1. The third-order valence-electron chi connectivity index (χ3n) is 3.79. The second kappa shape index (κ2) is 4.68. The Balaban J connectivity index is 2.36. The Bertz CT molecular complexity index is 727. The van der Waals surface area contributed by atoms with Crippen LogP contribution in [0.15, 0.2) is 42.5 Å². The number of aromatic nitrogens is 1. The van der Waals surface area contributed by atoms with E-state index in [0.29, 0.717) is 6.54 Å². The van der Waals surface area contributed by atoms with Crippen molar-refractivity contribution in [1.29, 1.82) is 0 Å². The summed E-state index contributed by atoms with van der Waals surface area (Å²) < 4.78 is 2.34. The lowest BCUT2D eigenvalue weighted by molar-refractivity contribution is 0.738. The second-order valence-corrected chi connectivity index (χ2v) is 4.88. The molecular weight excluding hydrogens is 234 g/mol. The van der Waals surface area contributed by atoms with E-state index in [4.69, 9.17) is 11.5 Å². The number of nitrogens with zero attached hydrogens (tertiary/aromatic N) is 1. The number of nitrogens with two attached hydrogens (primary N) is 2. The number of aryl methyl sites for hydroxylation is 1. The van der Waals surface area contributed by atoms with Crippen molar-refractivity contribution in [2.75, 3.05) is 6.54 Å². The minimum absolute atomic E-state index is 0.0897. The van der Waals surface area contributed by atoms with Crippen LogP contribution in [0.5, 0.6) is 0 Å². The summed E-state index contributed by atoms with van der Waals surface area (Å²) in [4.78, 5) is 0. The summed E-state index contributed by atoms with van der Waals surface area (Å²) in [7, 11) is 0. The predicted octanol–water partition coefficient (Wildman–Crippen LogP) is 2.77. The van der Waals surface area contributed by atoms with E-state index in [0.717, 1.165) is 12.1 Å². The molecule has 3 rings (SSSR count). The molecule has 1 atom stereocenters. The van der Waals surface area contributed by atoms with Gasteiger partial charge in [-0.3, -0.25) is 0 Å². The number of hydrogen-bond acceptors (Lipinski definition) is 2. The molecule has 3 nitrogen and oxygen atoms in total. The molecule has 0 saturated heterocycles. The van der Waals surface area contributed by atoms with E-state index in [1.165, 1.54) is 21.8 Å². The van der Waals surface area contributed by atoms with Gasteiger partial charge in [-0.1, -0.05) is 24.3 Å². The summed E-state index contributed by atoms with van der Waals surface area (Å²) in [6.07, 6.45) is 0. The smallest absolute Gasteiger partial charge is 0.0491 e. The van der Waals surface area contributed by atoms with Crippen molar-refractivity contribution < 1.29 is 0 Å². The molecule has 0 aliphatic rings. The van der Waals surface area contributed by atoms with Crippen molar-refractivity contribution in [2.24, 2.45) is 11.5 Å². The molecule has 0 aliphatic heterocycles. The van der Waals surface area contributed by atoms with Crippen LogP contribution in [0.2, 0.25) is 0 Å². The van der Waals surface area contributed by atoms with Crippen LogP contribution < -0.4 is 11.5 Å². The number of benzene rings is 2. The van der Waals surface area contributed by atoms with Crippen molar-refractivity contribution in [3.63, 3.8) is 0 Å². The largest absolute Gasteiger partial charge is 0.341 e. The van der Waals surface area contributed by atoms with Gasteiger partial charge >= 0.3 is 0 Å². The summed E-state index contributed by atoms with van der Waals surface area (Å²) in [5.41, 5.74) is 15.3. The minimum atomic E-state index is -0.0897. The van der Waals surface area contributed by atoms with Crippen molar-refractivity contribution in [2.45, 2.75) is 19.5 Å². The van der Waals surface area contributed by atoms with Crippen LogP contribution in [0.1, 0.15) is 18.5 Å². The first-order valence-corrected chi connectivity index (χ1v) is 6.72. The van der Waals surface area contributed by atoms with Gasteiger partial charge in [0, 0.05) is 40.9 Å². The molecule has 0 unspecified atom stereocenters. The van der Waals surface area contributed by atoms with Gasteiger partial charge in [0.15, 0.2) is 0 Å². The van der Waals surface area contributed by atoms with E-state index in [9.17, 15) is 0 Å². The van der Waals surface area contributed by atoms with Crippen LogP contribution in [-0.4, -0.2) is 11.1 Å². The molecule has 2 aromatic carbocycles. The summed E-state index contributed by atoms with van der Waals surface area (Å²) in [6, 6.07) is 14.8. The Hall–Kier alpha value is -1.84. The lowest BCUT2D eigenvalue weighted by atomic mass is 10.0. The normalized spacial score (nSPS) is 13.2. The molecule has 0 aliphatic carbocycles. The molecule has 1 heterocycles. The highest BCUT2D eigenvalue weighted by Crippen LogP contribution is 2.30. The summed E-state index contributed by atoms with van der Waals surface area (Å²) in [5, 5.41) is 2.55. The van der Waals surface area contributed by atoms with Gasteiger partial charge in [-0.15, -0.1) is 0 Å². The van der Waals surface area contributed by atoms with E-state index < -0.39 is 0 Å². The minimum Gasteiger partial charge on any atom is -0.341 e. The fourth-order valence-corrected chi connectivity index (χ4v) is 2.78. The maximum atomic E-state index is 6.04. The SMILES string of the molecule is CCn1c2ccccc2c2cc([C@H](N)CN)ccc21. The van der Waals surface area contributed by atoms with Crippen LogP contribution in [0.25, 0.3) is 21.8 Å². The summed E-state index contributed by atoms with van der Waals surface area (Å²) in [6.45, 7) is 3.61. The van der Waals surface area contributed by atoms with Crippen LogP contribution in [0.3, 0.4) is 0 Å².